The van der Waals surface area contributed by atoms with Crippen molar-refractivity contribution in [2.75, 3.05) is 13.2 Å². The molecule has 1 amide bonds. The molecule has 0 aromatic carbocycles. The van der Waals surface area contributed by atoms with Gasteiger partial charge in [0.1, 0.15) is 5.41 Å². The highest BCUT2D eigenvalue weighted by Gasteiger charge is 2.47. The summed E-state index contributed by atoms with van der Waals surface area (Å²) >= 11 is 1.55. The minimum absolute atomic E-state index is 0.120. The van der Waals surface area contributed by atoms with Crippen LogP contribution in [0.25, 0.3) is 0 Å². The molecule has 1 saturated heterocycles. The van der Waals surface area contributed by atoms with Crippen molar-refractivity contribution in [2.24, 2.45) is 5.41 Å². The van der Waals surface area contributed by atoms with Gasteiger partial charge in [-0.25, -0.2) is 0 Å². The summed E-state index contributed by atoms with van der Waals surface area (Å²) < 4.78 is 5.21. The van der Waals surface area contributed by atoms with E-state index in [9.17, 15) is 14.7 Å². The van der Waals surface area contributed by atoms with E-state index in [0.29, 0.717) is 5.56 Å². The molecule has 104 valence electrons. The summed E-state index contributed by atoms with van der Waals surface area (Å²) in [5, 5.41) is 12.0. The zero-order chi connectivity index (χ0) is 14.2. The highest BCUT2D eigenvalue weighted by molar-refractivity contribution is 7.12. The number of thiophene rings is 1. The Morgan fingerprint density at radius 1 is 1.53 bits per heavy atom. The third-order valence-electron chi connectivity index (χ3n) is 3.54. The van der Waals surface area contributed by atoms with Crippen LogP contribution >= 0.6 is 11.3 Å². The highest BCUT2D eigenvalue weighted by Crippen LogP contribution is 2.29. The molecule has 1 aromatic rings. The van der Waals surface area contributed by atoms with Crippen LogP contribution in [0.2, 0.25) is 0 Å². The number of hydrogen-bond acceptors (Lipinski definition) is 4. The van der Waals surface area contributed by atoms with Gasteiger partial charge in [0.2, 0.25) is 0 Å². The molecule has 2 unspecified atom stereocenters. The molecule has 6 heteroatoms. The number of carboxylic acid groups (broad SMARTS) is 1. The Balaban J connectivity index is 2.15. The summed E-state index contributed by atoms with van der Waals surface area (Å²) in [6.07, 6.45) is 0. The van der Waals surface area contributed by atoms with Crippen LogP contribution in [0.5, 0.6) is 0 Å². The minimum atomic E-state index is -1.06. The normalized spacial score (nSPS) is 26.4. The van der Waals surface area contributed by atoms with Gasteiger partial charge < -0.3 is 15.2 Å². The number of aliphatic carboxylic acids is 1. The first-order valence-corrected chi connectivity index (χ1v) is 6.85. The molecule has 19 heavy (non-hydrogen) atoms. The average molecular weight is 283 g/mol. The van der Waals surface area contributed by atoms with Crippen LogP contribution in [0, 0.1) is 19.3 Å². The van der Waals surface area contributed by atoms with Gasteiger partial charge in [0.25, 0.3) is 5.91 Å². The van der Waals surface area contributed by atoms with E-state index in [1.165, 1.54) is 0 Å². The van der Waals surface area contributed by atoms with Crippen molar-refractivity contribution >= 4 is 23.2 Å². The molecule has 0 bridgehead atoms. The van der Waals surface area contributed by atoms with E-state index in [-0.39, 0.29) is 19.1 Å². The number of aryl methyl sites for hydroxylation is 2. The largest absolute Gasteiger partial charge is 0.481 e. The Labute approximate surface area is 115 Å². The molecule has 2 N–H and O–H groups in total. The van der Waals surface area contributed by atoms with E-state index in [2.05, 4.69) is 5.32 Å². The van der Waals surface area contributed by atoms with Crippen LogP contribution < -0.4 is 5.32 Å². The van der Waals surface area contributed by atoms with Gasteiger partial charge in [0.05, 0.1) is 24.8 Å². The van der Waals surface area contributed by atoms with Crippen LogP contribution in [-0.2, 0) is 9.53 Å². The van der Waals surface area contributed by atoms with E-state index >= 15 is 0 Å². The van der Waals surface area contributed by atoms with Gasteiger partial charge in [-0.15, -0.1) is 11.3 Å². The molecule has 0 radical (unpaired) electrons. The second-order valence-electron chi connectivity index (χ2n) is 5.09. The van der Waals surface area contributed by atoms with Gasteiger partial charge in [-0.2, -0.15) is 0 Å². The maximum atomic E-state index is 12.2. The number of rotatable bonds is 3. The van der Waals surface area contributed by atoms with Crippen molar-refractivity contribution in [1.82, 2.24) is 5.32 Å². The Morgan fingerprint density at radius 3 is 2.74 bits per heavy atom. The van der Waals surface area contributed by atoms with E-state index in [0.717, 1.165) is 9.75 Å². The number of hydrogen-bond donors (Lipinski definition) is 2. The Kier molecular flexibility index (Phi) is 3.64. The lowest BCUT2D eigenvalue weighted by Crippen LogP contribution is -2.49. The second-order valence-corrected chi connectivity index (χ2v) is 6.55. The first kappa shape index (κ1) is 14.0. The van der Waals surface area contributed by atoms with Crippen LogP contribution in [0.1, 0.15) is 27.0 Å². The molecular formula is C13H17NO4S. The molecule has 2 rings (SSSR count). The fraction of sp³-hybridized carbons (Fsp3) is 0.538. The smallest absolute Gasteiger partial charge is 0.313 e. The van der Waals surface area contributed by atoms with E-state index < -0.39 is 17.4 Å². The topological polar surface area (TPSA) is 75.6 Å². The lowest BCUT2D eigenvalue weighted by molar-refractivity contribution is -0.148. The van der Waals surface area contributed by atoms with Crippen molar-refractivity contribution in [3.63, 3.8) is 0 Å². The van der Waals surface area contributed by atoms with Gasteiger partial charge in [-0.1, -0.05) is 0 Å². The molecule has 5 nitrogen and oxygen atoms in total. The van der Waals surface area contributed by atoms with E-state index in [1.807, 2.05) is 19.9 Å². The van der Waals surface area contributed by atoms with Crippen LogP contribution in [0.4, 0.5) is 0 Å². The lowest BCUT2D eigenvalue weighted by Gasteiger charge is -2.25. The average Bonchev–Trinajstić information content (AvgIpc) is 2.84. The van der Waals surface area contributed by atoms with Gasteiger partial charge >= 0.3 is 5.97 Å². The summed E-state index contributed by atoms with van der Waals surface area (Å²) in [6, 6.07) is 1.32. The van der Waals surface area contributed by atoms with Crippen molar-refractivity contribution in [2.45, 2.75) is 26.8 Å². The predicted molar refractivity (Wildman–Crippen MR) is 71.6 cm³/mol. The first-order chi connectivity index (χ1) is 8.84. The van der Waals surface area contributed by atoms with Gasteiger partial charge in [0, 0.05) is 9.75 Å². The highest BCUT2D eigenvalue weighted by atomic mass is 32.1. The second kappa shape index (κ2) is 4.94. The molecule has 1 aromatic heterocycles. The van der Waals surface area contributed by atoms with E-state index in [1.54, 1.807) is 18.3 Å². The predicted octanol–water partition coefficient (Wildman–Crippen LogP) is 1.58. The SMILES string of the molecule is Cc1cc(C(=O)NC2COCC2(C)C(=O)O)c(C)s1. The zero-order valence-corrected chi connectivity index (χ0v) is 12.0. The van der Waals surface area contributed by atoms with Crippen molar-refractivity contribution in [3.8, 4) is 0 Å². The maximum absolute atomic E-state index is 12.2. The summed E-state index contributed by atoms with van der Waals surface area (Å²) in [4.78, 5) is 25.5. The number of ether oxygens (including phenoxy) is 1. The molecule has 1 aliphatic heterocycles. The van der Waals surface area contributed by atoms with Crippen LogP contribution in [-0.4, -0.2) is 36.2 Å². The number of carbonyl (C=O) groups excluding carboxylic acids is 1. The lowest BCUT2D eigenvalue weighted by atomic mass is 9.85. The minimum Gasteiger partial charge on any atom is -0.481 e. The van der Waals surface area contributed by atoms with Crippen molar-refractivity contribution < 1.29 is 19.4 Å². The quantitative estimate of drug-likeness (QED) is 0.883. The molecule has 1 aliphatic rings. The molecule has 1 fully saturated rings. The molecular weight excluding hydrogens is 266 g/mol. The van der Waals surface area contributed by atoms with Gasteiger partial charge in [-0.3, -0.25) is 9.59 Å². The number of nitrogens with one attached hydrogen (secondary N) is 1. The number of amides is 1. The van der Waals surface area contributed by atoms with Crippen LogP contribution in [0.3, 0.4) is 0 Å². The Morgan fingerprint density at radius 2 is 2.21 bits per heavy atom. The molecule has 0 saturated carbocycles. The van der Waals surface area contributed by atoms with Crippen LogP contribution in [0.15, 0.2) is 6.07 Å². The third-order valence-corrected chi connectivity index (χ3v) is 4.50. The standard InChI is InChI=1S/C13H17NO4S/c1-7-4-9(8(2)19-7)11(15)14-10-5-18-6-13(10,3)12(16)17/h4,10H,5-6H2,1-3H3,(H,14,15)(H,16,17). The summed E-state index contributed by atoms with van der Waals surface area (Å²) in [5.74, 6) is -1.18. The van der Waals surface area contributed by atoms with Gasteiger partial charge in [0.15, 0.2) is 0 Å². The zero-order valence-electron chi connectivity index (χ0n) is 11.1. The summed E-state index contributed by atoms with van der Waals surface area (Å²) in [7, 11) is 0. The fourth-order valence-corrected chi connectivity index (χ4v) is 3.10. The summed E-state index contributed by atoms with van der Waals surface area (Å²) in [5.41, 5.74) is -0.448. The van der Waals surface area contributed by atoms with Crippen molar-refractivity contribution in [1.29, 1.82) is 0 Å². The van der Waals surface area contributed by atoms with E-state index in [4.69, 9.17) is 4.74 Å². The molecule has 0 aliphatic carbocycles. The van der Waals surface area contributed by atoms with Crippen molar-refractivity contribution in [3.05, 3.63) is 21.4 Å². The number of carbonyl (C=O) groups is 2. The number of carboxylic acids is 1. The fourth-order valence-electron chi connectivity index (χ4n) is 2.18. The first-order valence-electron chi connectivity index (χ1n) is 6.03. The molecule has 2 heterocycles. The molecule has 0 spiro atoms. The molecule has 2 atom stereocenters. The Bertz CT molecular complexity index is 525. The summed E-state index contributed by atoms with van der Waals surface area (Å²) in [6.45, 7) is 5.77. The van der Waals surface area contributed by atoms with Gasteiger partial charge in [-0.05, 0) is 26.8 Å². The third kappa shape index (κ3) is 2.50. The monoisotopic (exact) mass is 283 g/mol. The maximum Gasteiger partial charge on any atom is 0.313 e. The Hall–Kier alpha value is -1.40.